The molecule has 3 aliphatic heterocycles. The highest BCUT2D eigenvalue weighted by atomic mass is 16.6. The topological polar surface area (TPSA) is 175 Å². The van der Waals surface area contributed by atoms with Gasteiger partial charge >= 0.3 is 5.97 Å². The Balaban J connectivity index is 1.70. The summed E-state index contributed by atoms with van der Waals surface area (Å²) in [6, 6.07) is -1.11. The normalized spacial score (nSPS) is 40.4. The zero-order chi connectivity index (χ0) is 48.2. The number of amides is 1. The molecule has 0 aromatic rings. The SMILES string of the molecule is CO[C@H]1C[C@@H]2CCC(C)[C@@](O)(O2)C(=O)C(=O)N2CCCC[C@H]2C(=O)O[C@H]([C@H](C)C[C@@H]2CC[C@H](C)[C@H](OC)C2)CC(=O)[C@H](C)/C=C(\C)[C@@H](O)[C@@H](OC)C(=O)[C@H](C)C[C@H](C)/C=C/C=C/C=C/1C. The lowest BCUT2D eigenvalue weighted by Crippen LogP contribution is -2.61. The van der Waals surface area contributed by atoms with Crippen LogP contribution in [-0.2, 0) is 47.7 Å². The number of hydrogen-bond donors (Lipinski definition) is 2. The van der Waals surface area contributed by atoms with Gasteiger partial charge in [-0.2, -0.15) is 0 Å². The quantitative estimate of drug-likeness (QED) is 0.153. The van der Waals surface area contributed by atoms with Crippen LogP contribution < -0.4 is 0 Å². The number of piperidine rings is 1. The minimum Gasteiger partial charge on any atom is -0.460 e. The maximum atomic E-state index is 14.4. The maximum absolute atomic E-state index is 14.4. The molecular formula is C52H81NO12. The third kappa shape index (κ3) is 14.3. The number of nitrogens with zero attached hydrogens (tertiary/aromatic N) is 1. The van der Waals surface area contributed by atoms with Gasteiger partial charge in [0.05, 0.1) is 18.3 Å². The second-order valence-electron chi connectivity index (χ2n) is 20.0. The molecule has 65 heavy (non-hydrogen) atoms. The first-order chi connectivity index (χ1) is 30.7. The molecule has 0 aromatic carbocycles. The van der Waals surface area contributed by atoms with Gasteiger partial charge in [-0.1, -0.05) is 78.0 Å². The van der Waals surface area contributed by atoms with Crippen LogP contribution in [0, 0.1) is 41.4 Å². The Labute approximate surface area is 388 Å². The standard InChI is InChI=1S/C52H81NO12/c1-31-17-13-12-14-18-32(2)44(62-10)29-40-23-21-38(8)52(60,65-40)49(57)50(58)53-24-16-15-19-41(53)51(59)64-45(35(5)27-39-22-20-33(3)43(28-39)61-9)30-42(54)34(4)26-37(7)47(56)48(63-11)46(55)36(6)25-31/h12-14,17-18,26,31,33-36,38-41,43-45,47-48,56,60H,15-16,19-25,27-30H2,1-11H3/b14-12+,17-13+,32-18+,37-26+/t31-,33+,34-,35-,36-,38?,39+,40+,41+,43-,44+,45+,47-,48+,52-/m1/s1. The van der Waals surface area contributed by atoms with Crippen molar-refractivity contribution in [2.45, 2.75) is 181 Å². The van der Waals surface area contributed by atoms with Gasteiger partial charge in [-0.3, -0.25) is 19.2 Å². The second kappa shape index (κ2) is 25.2. The highest BCUT2D eigenvalue weighted by molar-refractivity contribution is 6.39. The van der Waals surface area contributed by atoms with E-state index in [1.54, 1.807) is 41.1 Å². The van der Waals surface area contributed by atoms with E-state index < -0.39 is 77.8 Å². The zero-order valence-corrected chi connectivity index (χ0v) is 41.2. The van der Waals surface area contributed by atoms with Crippen LogP contribution in [0.25, 0.3) is 0 Å². The molecule has 3 heterocycles. The molecule has 15 atom stereocenters. The summed E-state index contributed by atoms with van der Waals surface area (Å²) < 4.78 is 29.7. The molecule has 13 nitrogen and oxygen atoms in total. The number of esters is 1. The molecule has 1 amide bonds. The number of aliphatic hydroxyl groups excluding tert-OH is 1. The van der Waals surface area contributed by atoms with E-state index in [-0.39, 0.29) is 54.8 Å². The fraction of sp³-hybridized carbons (Fsp3) is 0.750. The number of aliphatic hydroxyl groups is 2. The Morgan fingerprint density at radius 1 is 0.846 bits per heavy atom. The van der Waals surface area contributed by atoms with Crippen molar-refractivity contribution in [2.24, 2.45) is 41.4 Å². The largest absolute Gasteiger partial charge is 0.460 e. The van der Waals surface area contributed by atoms with E-state index in [0.717, 1.165) is 24.8 Å². The number of methoxy groups -OCH3 is 3. The highest BCUT2D eigenvalue weighted by Gasteiger charge is 2.53. The van der Waals surface area contributed by atoms with E-state index in [4.69, 9.17) is 23.7 Å². The van der Waals surface area contributed by atoms with E-state index in [1.165, 1.54) is 12.0 Å². The second-order valence-corrected chi connectivity index (χ2v) is 20.0. The van der Waals surface area contributed by atoms with Gasteiger partial charge in [0.15, 0.2) is 5.78 Å². The molecular weight excluding hydrogens is 831 g/mol. The van der Waals surface area contributed by atoms with Crippen LogP contribution in [0.3, 0.4) is 0 Å². The van der Waals surface area contributed by atoms with Crippen molar-refractivity contribution < 1.29 is 57.9 Å². The Bertz CT molecular complexity index is 1750. The fourth-order valence-corrected chi connectivity index (χ4v) is 10.4. The Morgan fingerprint density at radius 2 is 1.57 bits per heavy atom. The van der Waals surface area contributed by atoms with Crippen molar-refractivity contribution in [1.82, 2.24) is 4.90 Å². The lowest BCUT2D eigenvalue weighted by Gasteiger charge is -2.42. The number of fused-ring (bicyclic) bond motifs is 3. The van der Waals surface area contributed by atoms with E-state index in [9.17, 15) is 34.2 Å². The Hall–Kier alpha value is -3.33. The van der Waals surface area contributed by atoms with Crippen LogP contribution in [-0.4, -0.2) is 121 Å². The van der Waals surface area contributed by atoms with Gasteiger partial charge in [0, 0.05) is 58.5 Å². The van der Waals surface area contributed by atoms with Crippen LogP contribution in [0.15, 0.2) is 47.6 Å². The van der Waals surface area contributed by atoms with Crippen molar-refractivity contribution in [3.05, 3.63) is 47.6 Å². The van der Waals surface area contributed by atoms with Gasteiger partial charge in [-0.25, -0.2) is 4.79 Å². The minimum absolute atomic E-state index is 0.0304. The lowest BCUT2D eigenvalue weighted by molar-refractivity contribution is -0.265. The molecule has 3 fully saturated rings. The van der Waals surface area contributed by atoms with E-state index >= 15 is 0 Å². The Kier molecular flexibility index (Phi) is 21.0. The van der Waals surface area contributed by atoms with E-state index in [0.29, 0.717) is 56.4 Å². The molecule has 4 rings (SSSR count). The van der Waals surface area contributed by atoms with Crippen LogP contribution in [0.5, 0.6) is 0 Å². The van der Waals surface area contributed by atoms with E-state index in [1.807, 2.05) is 58.1 Å². The molecule has 2 bridgehead atoms. The number of carbonyl (C=O) groups excluding carboxylic acids is 5. The lowest BCUT2D eigenvalue weighted by atomic mass is 9.76. The number of Topliss-reactive ketones (excluding diaryl/α,β-unsaturated/α-hetero) is 3. The summed E-state index contributed by atoms with van der Waals surface area (Å²) >= 11 is 0. The predicted octanol–water partition coefficient (Wildman–Crippen LogP) is 7.46. The molecule has 4 aliphatic rings. The van der Waals surface area contributed by atoms with Gasteiger partial charge < -0.3 is 38.8 Å². The molecule has 0 radical (unpaired) electrons. The summed E-state index contributed by atoms with van der Waals surface area (Å²) in [5.74, 6) is -7.07. The van der Waals surface area contributed by atoms with Gasteiger partial charge in [0.25, 0.3) is 11.7 Å². The smallest absolute Gasteiger partial charge is 0.329 e. The number of cyclic esters (lactones) is 1. The van der Waals surface area contributed by atoms with Crippen molar-refractivity contribution >= 4 is 29.2 Å². The molecule has 1 unspecified atom stereocenters. The van der Waals surface area contributed by atoms with Crippen LogP contribution >= 0.6 is 0 Å². The summed E-state index contributed by atoms with van der Waals surface area (Å²) in [6.07, 6.45) is 13.6. The predicted molar refractivity (Wildman–Crippen MR) is 248 cm³/mol. The number of rotatable bonds is 6. The molecule has 13 heteroatoms. The summed E-state index contributed by atoms with van der Waals surface area (Å²) in [7, 11) is 4.70. The number of hydrogen-bond acceptors (Lipinski definition) is 12. The average Bonchev–Trinajstić information content (AvgIpc) is 3.28. The van der Waals surface area contributed by atoms with Crippen molar-refractivity contribution in [3.63, 3.8) is 0 Å². The number of ketones is 3. The zero-order valence-electron chi connectivity index (χ0n) is 41.2. The molecule has 366 valence electrons. The van der Waals surface area contributed by atoms with Crippen molar-refractivity contribution in [1.29, 1.82) is 0 Å². The Morgan fingerprint density at radius 3 is 2.25 bits per heavy atom. The molecule has 2 saturated heterocycles. The number of carbonyl (C=O) groups is 5. The van der Waals surface area contributed by atoms with Crippen LogP contribution in [0.4, 0.5) is 0 Å². The highest BCUT2D eigenvalue weighted by Crippen LogP contribution is 2.38. The monoisotopic (exact) mass is 912 g/mol. The van der Waals surface area contributed by atoms with Crippen LogP contribution in [0.1, 0.15) is 132 Å². The minimum atomic E-state index is -2.41. The van der Waals surface area contributed by atoms with Gasteiger partial charge in [-0.15, -0.1) is 0 Å². The summed E-state index contributed by atoms with van der Waals surface area (Å²) in [4.78, 5) is 71.9. The average molecular weight is 912 g/mol. The third-order valence-electron chi connectivity index (χ3n) is 14.8. The molecule has 0 aromatic heterocycles. The van der Waals surface area contributed by atoms with E-state index in [2.05, 4.69) is 6.92 Å². The molecule has 0 spiro atoms. The third-order valence-corrected chi connectivity index (χ3v) is 14.8. The van der Waals surface area contributed by atoms with Crippen molar-refractivity contribution in [3.8, 4) is 0 Å². The molecule has 1 aliphatic carbocycles. The van der Waals surface area contributed by atoms with Crippen LogP contribution in [0.2, 0.25) is 0 Å². The number of ether oxygens (including phenoxy) is 5. The summed E-state index contributed by atoms with van der Waals surface area (Å²) in [5, 5.41) is 23.4. The van der Waals surface area contributed by atoms with Gasteiger partial charge in [0.2, 0.25) is 5.79 Å². The first kappa shape index (κ1) is 54.3. The first-order valence-electron chi connectivity index (χ1n) is 24.2. The van der Waals surface area contributed by atoms with Gasteiger partial charge in [0.1, 0.15) is 30.1 Å². The molecule has 1 saturated carbocycles. The first-order valence-corrected chi connectivity index (χ1v) is 24.2. The summed E-state index contributed by atoms with van der Waals surface area (Å²) in [6.45, 7) is 15.1. The summed E-state index contributed by atoms with van der Waals surface area (Å²) in [5.41, 5.74) is 1.30. The molecule has 2 N–H and O–H groups in total. The fourth-order valence-electron chi connectivity index (χ4n) is 10.4. The van der Waals surface area contributed by atoms with Crippen molar-refractivity contribution in [2.75, 3.05) is 27.9 Å². The number of allylic oxidation sites excluding steroid dienone is 6. The maximum Gasteiger partial charge on any atom is 0.329 e. The van der Waals surface area contributed by atoms with Gasteiger partial charge in [-0.05, 0) is 113 Å².